The van der Waals surface area contributed by atoms with Crippen LogP contribution in [-0.2, 0) is 30.4 Å². The maximum Gasteiger partial charge on any atom is 0.326 e. The minimum absolute atomic E-state index is 0.00652. The third kappa shape index (κ3) is 11.3. The maximum atomic E-state index is 13.2. The number of benzene rings is 1. The third-order valence-corrected chi connectivity index (χ3v) is 5.58. The smallest absolute Gasteiger partial charge is 0.326 e. The molecule has 0 saturated heterocycles. The number of carboxylic acid groups (broad SMARTS) is 1. The number of aromatic hydroxyl groups is 1. The number of aliphatic carboxylic acids is 1. The highest BCUT2D eigenvalue weighted by Gasteiger charge is 2.32. The second kappa shape index (κ2) is 15.4. The lowest BCUT2D eigenvalue weighted by molar-refractivity contribution is -0.143. The summed E-state index contributed by atoms with van der Waals surface area (Å²) < 4.78 is 0. The van der Waals surface area contributed by atoms with Crippen molar-refractivity contribution in [1.82, 2.24) is 16.0 Å². The van der Waals surface area contributed by atoms with Crippen LogP contribution in [0.5, 0.6) is 5.75 Å². The number of hydrogen-bond acceptors (Lipinski definition) is 8. The SMILES string of the molecule is CC(C)C(NC(=O)C(CC(N)=O)NC(=O)C(Cc1ccc(O)cc1)NC(=O)C(N)CCCCN)C(=O)O. The Morgan fingerprint density at radius 3 is 1.97 bits per heavy atom. The lowest BCUT2D eigenvalue weighted by Gasteiger charge is -2.25. The van der Waals surface area contributed by atoms with Crippen LogP contribution in [0.2, 0.25) is 0 Å². The number of nitrogens with one attached hydrogen (secondary N) is 3. The monoisotopic (exact) mass is 522 g/mol. The summed E-state index contributed by atoms with van der Waals surface area (Å²) in [7, 11) is 0. The number of amides is 4. The van der Waals surface area contributed by atoms with Gasteiger partial charge in [-0.15, -0.1) is 0 Å². The van der Waals surface area contributed by atoms with Gasteiger partial charge in [-0.3, -0.25) is 19.2 Å². The van der Waals surface area contributed by atoms with E-state index in [2.05, 4.69) is 16.0 Å². The number of phenols is 1. The van der Waals surface area contributed by atoms with Crippen molar-refractivity contribution in [1.29, 1.82) is 0 Å². The number of unbranched alkanes of at least 4 members (excludes halogenated alkanes) is 1. The van der Waals surface area contributed by atoms with E-state index >= 15 is 0 Å². The van der Waals surface area contributed by atoms with Crippen molar-refractivity contribution in [3.63, 3.8) is 0 Å². The molecule has 1 rings (SSSR count). The van der Waals surface area contributed by atoms with Crippen LogP contribution >= 0.6 is 0 Å². The first-order valence-electron chi connectivity index (χ1n) is 12.0. The summed E-state index contributed by atoms with van der Waals surface area (Å²) in [4.78, 5) is 61.7. The Balaban J connectivity index is 3.11. The van der Waals surface area contributed by atoms with E-state index in [1.54, 1.807) is 26.0 Å². The van der Waals surface area contributed by atoms with E-state index in [9.17, 15) is 34.2 Å². The van der Waals surface area contributed by atoms with Gasteiger partial charge < -0.3 is 43.4 Å². The van der Waals surface area contributed by atoms with Gasteiger partial charge in [-0.25, -0.2) is 4.79 Å². The Labute approximate surface area is 215 Å². The topological polar surface area (TPSA) is 240 Å². The fourth-order valence-electron chi connectivity index (χ4n) is 3.45. The van der Waals surface area contributed by atoms with E-state index in [-0.39, 0.29) is 12.2 Å². The molecule has 0 aliphatic heterocycles. The molecule has 13 nitrogen and oxygen atoms in total. The number of phenolic OH excluding ortho intramolecular Hbond substituents is 1. The van der Waals surface area contributed by atoms with Crippen molar-refractivity contribution < 1.29 is 34.2 Å². The molecule has 0 saturated carbocycles. The summed E-state index contributed by atoms with van der Waals surface area (Å²) in [5.74, 6) is -4.99. The van der Waals surface area contributed by atoms with Gasteiger partial charge in [0.1, 0.15) is 23.9 Å². The van der Waals surface area contributed by atoms with Gasteiger partial charge in [0, 0.05) is 6.42 Å². The molecular weight excluding hydrogens is 484 g/mol. The molecule has 0 spiro atoms. The van der Waals surface area contributed by atoms with Crippen LogP contribution in [0.3, 0.4) is 0 Å². The van der Waals surface area contributed by atoms with Crippen LogP contribution in [0.1, 0.15) is 45.1 Å². The number of rotatable bonds is 16. The summed E-state index contributed by atoms with van der Waals surface area (Å²) >= 11 is 0. The van der Waals surface area contributed by atoms with Crippen molar-refractivity contribution in [2.24, 2.45) is 23.1 Å². The molecule has 13 heteroatoms. The van der Waals surface area contributed by atoms with Gasteiger partial charge in [0.15, 0.2) is 0 Å². The Morgan fingerprint density at radius 1 is 0.892 bits per heavy atom. The molecule has 0 aliphatic carbocycles. The molecule has 4 amide bonds. The van der Waals surface area contributed by atoms with Crippen molar-refractivity contribution in [2.75, 3.05) is 6.54 Å². The van der Waals surface area contributed by atoms with Crippen LogP contribution < -0.4 is 33.2 Å². The largest absolute Gasteiger partial charge is 0.508 e. The highest BCUT2D eigenvalue weighted by molar-refractivity contribution is 5.96. The van der Waals surface area contributed by atoms with E-state index in [1.807, 2.05) is 0 Å². The number of carbonyl (C=O) groups is 5. The summed E-state index contributed by atoms with van der Waals surface area (Å²) in [6.07, 6.45) is 1.01. The van der Waals surface area contributed by atoms with Crippen molar-refractivity contribution >= 4 is 29.6 Å². The Morgan fingerprint density at radius 2 is 1.46 bits per heavy atom. The molecule has 4 unspecified atom stereocenters. The Hall–Kier alpha value is -3.71. The highest BCUT2D eigenvalue weighted by Crippen LogP contribution is 2.12. The summed E-state index contributed by atoms with van der Waals surface area (Å²) in [5.41, 5.74) is 17.2. The fourth-order valence-corrected chi connectivity index (χ4v) is 3.45. The summed E-state index contributed by atoms with van der Waals surface area (Å²) in [5, 5.41) is 26.2. The molecule has 0 bridgehead atoms. The Bertz CT molecular complexity index is 938. The van der Waals surface area contributed by atoms with E-state index in [4.69, 9.17) is 17.2 Å². The highest BCUT2D eigenvalue weighted by atomic mass is 16.4. The van der Waals surface area contributed by atoms with Crippen molar-refractivity contribution in [3.05, 3.63) is 29.8 Å². The van der Waals surface area contributed by atoms with Crippen LogP contribution in [0.4, 0.5) is 0 Å². The van der Waals surface area contributed by atoms with Crippen molar-refractivity contribution in [2.45, 2.75) is 70.1 Å². The third-order valence-electron chi connectivity index (χ3n) is 5.58. The first kappa shape index (κ1) is 31.3. The van der Waals surface area contributed by atoms with Crippen LogP contribution in [0.25, 0.3) is 0 Å². The molecule has 0 aliphatic rings. The van der Waals surface area contributed by atoms with E-state index < -0.39 is 66.1 Å². The lowest BCUT2D eigenvalue weighted by Crippen LogP contribution is -2.58. The quantitative estimate of drug-likeness (QED) is 0.117. The molecule has 1 aromatic rings. The molecular formula is C24H38N6O7. The molecule has 1 aromatic carbocycles. The summed E-state index contributed by atoms with van der Waals surface area (Å²) in [6, 6.07) is 1.06. The van der Waals surface area contributed by atoms with Gasteiger partial charge >= 0.3 is 5.97 Å². The zero-order chi connectivity index (χ0) is 28.1. The molecule has 0 radical (unpaired) electrons. The van der Waals surface area contributed by atoms with Gasteiger partial charge in [0.2, 0.25) is 23.6 Å². The van der Waals surface area contributed by atoms with E-state index in [0.29, 0.717) is 31.4 Å². The Kier molecular flexibility index (Phi) is 13.0. The van der Waals surface area contributed by atoms with Gasteiger partial charge in [0.05, 0.1) is 12.5 Å². The number of primary amides is 1. The summed E-state index contributed by atoms with van der Waals surface area (Å²) in [6.45, 7) is 3.62. The second-order valence-corrected chi connectivity index (χ2v) is 9.12. The maximum absolute atomic E-state index is 13.2. The first-order chi connectivity index (χ1) is 17.3. The van der Waals surface area contributed by atoms with Gasteiger partial charge in [-0.05, 0) is 43.0 Å². The molecule has 11 N–H and O–H groups in total. The van der Waals surface area contributed by atoms with E-state index in [0.717, 1.165) is 0 Å². The predicted octanol–water partition coefficient (Wildman–Crippen LogP) is -1.54. The number of carboxylic acids is 1. The number of carbonyl (C=O) groups excluding carboxylic acids is 4. The normalized spacial score (nSPS) is 14.2. The van der Waals surface area contributed by atoms with Crippen LogP contribution in [0, 0.1) is 5.92 Å². The first-order valence-corrected chi connectivity index (χ1v) is 12.0. The second-order valence-electron chi connectivity index (χ2n) is 9.12. The van der Waals surface area contributed by atoms with Gasteiger partial charge in [-0.1, -0.05) is 32.4 Å². The number of hydrogen-bond donors (Lipinski definition) is 8. The minimum atomic E-state index is -1.48. The fraction of sp³-hybridized carbons (Fsp3) is 0.542. The zero-order valence-electron chi connectivity index (χ0n) is 21.1. The predicted molar refractivity (Wildman–Crippen MR) is 135 cm³/mol. The van der Waals surface area contributed by atoms with Gasteiger partial charge in [-0.2, -0.15) is 0 Å². The lowest BCUT2D eigenvalue weighted by atomic mass is 10.0. The van der Waals surface area contributed by atoms with Crippen molar-refractivity contribution in [3.8, 4) is 5.75 Å². The van der Waals surface area contributed by atoms with Crippen LogP contribution in [0.15, 0.2) is 24.3 Å². The molecule has 37 heavy (non-hydrogen) atoms. The molecule has 0 fully saturated rings. The minimum Gasteiger partial charge on any atom is -0.508 e. The van der Waals surface area contributed by atoms with E-state index in [1.165, 1.54) is 12.1 Å². The van der Waals surface area contributed by atoms with Gasteiger partial charge in [0.25, 0.3) is 0 Å². The average Bonchev–Trinajstić information content (AvgIpc) is 2.82. The molecule has 0 heterocycles. The average molecular weight is 523 g/mol. The van der Waals surface area contributed by atoms with Crippen LogP contribution in [-0.4, -0.2) is 70.5 Å². The molecule has 0 aromatic heterocycles. The standard InChI is InChI=1S/C24H38N6O7/c1-13(2)20(24(36)37)30-23(35)18(12-19(27)32)29-22(34)17(11-14-6-8-15(31)9-7-14)28-21(33)16(26)5-3-4-10-25/h6-9,13,16-18,20,31H,3-5,10-12,25-26H2,1-2H3,(H2,27,32)(H,28,33)(H,29,34)(H,30,35)(H,36,37). The molecule has 4 atom stereocenters. The zero-order valence-corrected chi connectivity index (χ0v) is 21.1. The number of nitrogens with two attached hydrogens (primary N) is 3. The molecule has 206 valence electrons.